The Morgan fingerprint density at radius 3 is 2.79 bits per heavy atom. The minimum Gasteiger partial charge on any atom is -0.477 e. The van der Waals surface area contributed by atoms with E-state index in [0.717, 1.165) is 5.39 Å². The maximum absolute atomic E-state index is 10.9. The second kappa shape index (κ2) is 4.81. The van der Waals surface area contributed by atoms with E-state index in [0.29, 0.717) is 16.8 Å². The lowest BCUT2D eigenvalue weighted by atomic mass is 10.1. The quantitative estimate of drug-likeness (QED) is 0.491. The summed E-state index contributed by atoms with van der Waals surface area (Å²) in [5, 5.41) is 13.5. The highest BCUT2D eigenvalue weighted by molar-refractivity contribution is 6.10. The Hall–Kier alpha value is -2.83. The molecule has 1 aromatic carbocycles. The summed E-state index contributed by atoms with van der Waals surface area (Å²) >= 11 is 0. The van der Waals surface area contributed by atoms with Crippen molar-refractivity contribution in [3.05, 3.63) is 35.5 Å². The Morgan fingerprint density at radius 2 is 2.16 bits per heavy atom. The highest BCUT2D eigenvalue weighted by atomic mass is 16.4. The molecule has 1 aromatic heterocycles. The van der Waals surface area contributed by atoms with Crippen molar-refractivity contribution in [2.24, 2.45) is 10.8 Å². The van der Waals surface area contributed by atoms with E-state index < -0.39 is 12.0 Å². The molecule has 0 saturated carbocycles. The summed E-state index contributed by atoms with van der Waals surface area (Å²) in [6, 6.07) is 6.11. The molecule has 0 atom stereocenters. The molecule has 0 spiro atoms. The van der Waals surface area contributed by atoms with E-state index in [1.54, 1.807) is 25.1 Å². The van der Waals surface area contributed by atoms with Crippen LogP contribution >= 0.6 is 0 Å². The van der Waals surface area contributed by atoms with Gasteiger partial charge in [0.15, 0.2) is 0 Å². The van der Waals surface area contributed by atoms with Gasteiger partial charge in [-0.15, -0.1) is 0 Å². The lowest BCUT2D eigenvalue weighted by Crippen LogP contribution is -2.25. The summed E-state index contributed by atoms with van der Waals surface area (Å²) in [5.74, 6) is -1.04. The number of carboxylic acids is 1. The van der Waals surface area contributed by atoms with Crippen molar-refractivity contribution in [3.8, 4) is 0 Å². The van der Waals surface area contributed by atoms with Crippen LogP contribution in [-0.2, 0) is 0 Å². The third kappa shape index (κ3) is 2.54. The van der Waals surface area contributed by atoms with Crippen molar-refractivity contribution in [1.82, 2.24) is 10.4 Å². The van der Waals surface area contributed by atoms with Gasteiger partial charge >= 0.3 is 12.0 Å². The van der Waals surface area contributed by atoms with Crippen LogP contribution in [0.4, 0.5) is 4.79 Å². The number of hydrogen-bond donors (Lipinski definition) is 4. The lowest BCUT2D eigenvalue weighted by molar-refractivity contribution is 0.0691. The number of aromatic amines is 1. The number of amides is 2. The van der Waals surface area contributed by atoms with Crippen LogP contribution in [0.25, 0.3) is 10.9 Å². The Morgan fingerprint density at radius 1 is 1.42 bits per heavy atom. The van der Waals surface area contributed by atoms with Gasteiger partial charge in [0.2, 0.25) is 0 Å². The predicted molar refractivity (Wildman–Crippen MR) is 70.2 cm³/mol. The number of hydrogen-bond acceptors (Lipinski definition) is 3. The van der Waals surface area contributed by atoms with Gasteiger partial charge in [-0.3, -0.25) is 0 Å². The monoisotopic (exact) mass is 260 g/mol. The van der Waals surface area contributed by atoms with Gasteiger partial charge in [-0.1, -0.05) is 18.2 Å². The summed E-state index contributed by atoms with van der Waals surface area (Å²) in [7, 11) is 0. The number of hydrazone groups is 1. The van der Waals surface area contributed by atoms with E-state index >= 15 is 0 Å². The number of primary amides is 1. The Bertz CT molecular complexity index is 687. The van der Waals surface area contributed by atoms with Gasteiger partial charge in [0.05, 0.1) is 11.2 Å². The predicted octanol–water partition coefficient (Wildman–Crippen LogP) is 1.26. The number of carbonyl (C=O) groups is 2. The summed E-state index contributed by atoms with van der Waals surface area (Å²) in [4.78, 5) is 24.4. The number of aromatic carboxylic acids is 1. The normalized spacial score (nSPS) is 11.5. The molecule has 7 nitrogen and oxygen atoms in total. The van der Waals surface area contributed by atoms with Crippen LogP contribution in [0.15, 0.2) is 29.4 Å². The standard InChI is InChI=1S/C12H12N4O3/c1-6(15-16-12(13)19)8-4-2-3-7-5-9(11(17)18)14-10(7)8/h2-5,14H,1H3,(H,17,18)(H3,13,16,19)/b15-6+. The van der Waals surface area contributed by atoms with Gasteiger partial charge in [-0.05, 0) is 13.0 Å². The fraction of sp³-hybridized carbons (Fsp3) is 0.0833. The molecule has 2 amide bonds. The van der Waals surface area contributed by atoms with Crippen LogP contribution in [0.1, 0.15) is 23.0 Å². The molecule has 2 rings (SSSR count). The Kier molecular flexibility index (Phi) is 3.19. The summed E-state index contributed by atoms with van der Waals surface area (Å²) in [5.41, 5.74) is 9.02. The molecular weight excluding hydrogens is 248 g/mol. The molecule has 0 aliphatic heterocycles. The molecule has 0 bridgehead atoms. The number of aromatic nitrogens is 1. The molecule has 98 valence electrons. The number of carbonyl (C=O) groups excluding carboxylic acids is 1. The van der Waals surface area contributed by atoms with E-state index in [4.69, 9.17) is 10.8 Å². The van der Waals surface area contributed by atoms with Gasteiger partial charge in [-0.2, -0.15) is 5.10 Å². The number of nitrogens with one attached hydrogen (secondary N) is 2. The molecule has 0 fully saturated rings. The fourth-order valence-electron chi connectivity index (χ4n) is 1.77. The molecule has 0 unspecified atom stereocenters. The van der Waals surface area contributed by atoms with E-state index in [2.05, 4.69) is 15.5 Å². The average molecular weight is 260 g/mol. The van der Waals surface area contributed by atoms with Crippen LogP contribution < -0.4 is 11.2 Å². The second-order valence-electron chi connectivity index (χ2n) is 3.93. The smallest absolute Gasteiger partial charge is 0.352 e. The molecular formula is C12H12N4O3. The summed E-state index contributed by atoms with van der Waals surface area (Å²) < 4.78 is 0. The summed E-state index contributed by atoms with van der Waals surface area (Å²) in [6.45, 7) is 1.69. The van der Waals surface area contributed by atoms with Crippen molar-refractivity contribution in [3.63, 3.8) is 0 Å². The van der Waals surface area contributed by atoms with Crippen LogP contribution in [0.2, 0.25) is 0 Å². The molecule has 19 heavy (non-hydrogen) atoms. The number of nitrogens with zero attached hydrogens (tertiary/aromatic N) is 1. The Labute approximate surface area is 108 Å². The van der Waals surface area contributed by atoms with Gasteiger partial charge in [0.25, 0.3) is 0 Å². The number of rotatable bonds is 3. The van der Waals surface area contributed by atoms with Gasteiger partial charge in [-0.25, -0.2) is 15.0 Å². The first kappa shape index (κ1) is 12.6. The topological polar surface area (TPSA) is 121 Å². The molecule has 0 radical (unpaired) electrons. The van der Waals surface area contributed by atoms with E-state index in [1.165, 1.54) is 6.07 Å². The third-order valence-corrected chi connectivity index (χ3v) is 2.61. The first-order valence-corrected chi connectivity index (χ1v) is 5.44. The van der Waals surface area contributed by atoms with Crippen molar-refractivity contribution in [2.75, 3.05) is 0 Å². The van der Waals surface area contributed by atoms with Crippen LogP contribution in [0.5, 0.6) is 0 Å². The number of nitrogens with two attached hydrogens (primary N) is 1. The van der Waals surface area contributed by atoms with E-state index in [1.807, 2.05) is 0 Å². The Balaban J connectivity index is 2.51. The molecule has 0 saturated heterocycles. The van der Waals surface area contributed by atoms with Crippen LogP contribution in [-0.4, -0.2) is 27.8 Å². The van der Waals surface area contributed by atoms with Gasteiger partial charge in [0, 0.05) is 10.9 Å². The zero-order chi connectivity index (χ0) is 14.0. The number of urea groups is 1. The average Bonchev–Trinajstić information content (AvgIpc) is 2.79. The maximum atomic E-state index is 10.9. The zero-order valence-electron chi connectivity index (χ0n) is 10.1. The van der Waals surface area contributed by atoms with Crippen molar-refractivity contribution < 1.29 is 14.7 Å². The first-order valence-electron chi connectivity index (χ1n) is 5.44. The number of fused-ring (bicyclic) bond motifs is 1. The largest absolute Gasteiger partial charge is 0.477 e. The van der Waals surface area contributed by atoms with Crippen molar-refractivity contribution in [1.29, 1.82) is 0 Å². The van der Waals surface area contributed by atoms with Crippen molar-refractivity contribution >= 4 is 28.6 Å². The van der Waals surface area contributed by atoms with E-state index in [-0.39, 0.29) is 5.69 Å². The molecule has 2 aromatic rings. The molecule has 1 heterocycles. The maximum Gasteiger partial charge on any atom is 0.352 e. The number of benzene rings is 1. The van der Waals surface area contributed by atoms with Gasteiger partial charge < -0.3 is 15.8 Å². The highest BCUT2D eigenvalue weighted by Crippen LogP contribution is 2.20. The third-order valence-electron chi connectivity index (χ3n) is 2.61. The molecule has 0 aliphatic carbocycles. The first-order chi connectivity index (χ1) is 8.99. The van der Waals surface area contributed by atoms with E-state index in [9.17, 15) is 9.59 Å². The van der Waals surface area contributed by atoms with Crippen LogP contribution in [0, 0.1) is 0 Å². The highest BCUT2D eigenvalue weighted by Gasteiger charge is 2.11. The fourth-order valence-corrected chi connectivity index (χ4v) is 1.77. The SMILES string of the molecule is C/C(=N\NC(N)=O)c1cccc2cc(C(=O)O)[nH]c12. The zero-order valence-corrected chi connectivity index (χ0v) is 10.1. The number of carboxylic acid groups (broad SMARTS) is 1. The number of H-pyrrole nitrogens is 1. The minimum absolute atomic E-state index is 0.0955. The minimum atomic E-state index is -1.04. The molecule has 0 aliphatic rings. The van der Waals surface area contributed by atoms with Crippen molar-refractivity contribution in [2.45, 2.75) is 6.92 Å². The lowest BCUT2D eigenvalue weighted by Gasteiger charge is -2.02. The summed E-state index contributed by atoms with van der Waals surface area (Å²) in [6.07, 6.45) is 0. The molecule has 7 heteroatoms. The molecule has 5 N–H and O–H groups in total. The van der Waals surface area contributed by atoms with Crippen LogP contribution in [0.3, 0.4) is 0 Å². The van der Waals surface area contributed by atoms with Gasteiger partial charge in [0.1, 0.15) is 5.69 Å². The number of para-hydroxylation sites is 1. The second-order valence-corrected chi connectivity index (χ2v) is 3.93.